The van der Waals surface area contributed by atoms with Crippen molar-refractivity contribution in [1.82, 2.24) is 15.4 Å². The van der Waals surface area contributed by atoms with Gasteiger partial charge in [-0.25, -0.2) is 15.4 Å². The summed E-state index contributed by atoms with van der Waals surface area (Å²) in [6.45, 7) is 10.5. The van der Waals surface area contributed by atoms with Gasteiger partial charge < -0.3 is 16.5 Å². The summed E-state index contributed by atoms with van der Waals surface area (Å²) in [6.07, 6.45) is 1.48. The number of anilines is 4. The first-order valence-corrected chi connectivity index (χ1v) is 7.77. The minimum Gasteiger partial charge on any atom is -0.393 e. The SMILES string of the molecule is CC(C)c1ccc(Nc2ncnc(NNC(C)(C)C)c2N)cc1. The van der Waals surface area contributed by atoms with Crippen LogP contribution >= 0.6 is 0 Å². The Bertz CT molecular complexity index is 643. The highest BCUT2D eigenvalue weighted by Gasteiger charge is 2.12. The van der Waals surface area contributed by atoms with Gasteiger partial charge in [0.25, 0.3) is 0 Å². The van der Waals surface area contributed by atoms with E-state index in [0.717, 1.165) is 5.69 Å². The number of hydrazine groups is 1. The molecule has 0 spiro atoms. The van der Waals surface area contributed by atoms with E-state index < -0.39 is 0 Å². The third-order valence-corrected chi connectivity index (χ3v) is 3.28. The maximum atomic E-state index is 6.15. The molecule has 6 nitrogen and oxygen atoms in total. The molecule has 0 saturated carbocycles. The Kier molecular flexibility index (Phi) is 5.05. The fourth-order valence-corrected chi connectivity index (χ4v) is 1.93. The summed E-state index contributed by atoms with van der Waals surface area (Å²) < 4.78 is 0. The molecule has 5 N–H and O–H groups in total. The van der Waals surface area contributed by atoms with Gasteiger partial charge in [0.05, 0.1) is 0 Å². The van der Waals surface area contributed by atoms with E-state index in [1.807, 2.05) is 32.9 Å². The molecule has 23 heavy (non-hydrogen) atoms. The van der Waals surface area contributed by atoms with E-state index in [1.165, 1.54) is 11.9 Å². The summed E-state index contributed by atoms with van der Waals surface area (Å²) in [6, 6.07) is 8.25. The molecule has 2 rings (SSSR count). The summed E-state index contributed by atoms with van der Waals surface area (Å²) in [7, 11) is 0. The van der Waals surface area contributed by atoms with Gasteiger partial charge in [0.15, 0.2) is 11.6 Å². The Morgan fingerprint density at radius 2 is 1.61 bits per heavy atom. The molecule has 0 saturated heterocycles. The Hall–Kier alpha value is -2.34. The van der Waals surface area contributed by atoms with Gasteiger partial charge in [0.1, 0.15) is 12.0 Å². The van der Waals surface area contributed by atoms with Gasteiger partial charge in [0, 0.05) is 11.2 Å². The number of nitrogens with two attached hydrogens (primary N) is 1. The molecule has 0 aliphatic heterocycles. The van der Waals surface area contributed by atoms with Crippen molar-refractivity contribution in [3.8, 4) is 0 Å². The van der Waals surface area contributed by atoms with Crippen molar-refractivity contribution >= 4 is 23.0 Å². The van der Waals surface area contributed by atoms with Gasteiger partial charge in [-0.05, 0) is 44.4 Å². The molecule has 0 atom stereocenters. The minimum absolute atomic E-state index is 0.0995. The zero-order valence-electron chi connectivity index (χ0n) is 14.4. The molecule has 0 aliphatic rings. The van der Waals surface area contributed by atoms with Crippen LogP contribution in [0.25, 0.3) is 0 Å². The van der Waals surface area contributed by atoms with Crippen LogP contribution < -0.4 is 21.9 Å². The van der Waals surface area contributed by atoms with Gasteiger partial charge in [-0.15, -0.1) is 0 Å². The Morgan fingerprint density at radius 1 is 1.00 bits per heavy atom. The number of hydrogen-bond donors (Lipinski definition) is 4. The first-order valence-electron chi connectivity index (χ1n) is 7.77. The number of hydrogen-bond acceptors (Lipinski definition) is 6. The number of benzene rings is 1. The predicted molar refractivity (Wildman–Crippen MR) is 96.8 cm³/mol. The van der Waals surface area contributed by atoms with Gasteiger partial charge >= 0.3 is 0 Å². The van der Waals surface area contributed by atoms with Crippen LogP contribution in [0.1, 0.15) is 46.1 Å². The molecule has 0 radical (unpaired) electrons. The quantitative estimate of drug-likeness (QED) is 0.630. The van der Waals surface area contributed by atoms with Crippen LogP contribution in [0, 0.1) is 0 Å². The minimum atomic E-state index is -0.0995. The Labute approximate surface area is 137 Å². The van der Waals surface area contributed by atoms with Crippen molar-refractivity contribution in [1.29, 1.82) is 0 Å². The third kappa shape index (κ3) is 4.82. The summed E-state index contributed by atoms with van der Waals surface area (Å²) in [5.41, 5.74) is 14.9. The molecular weight excluding hydrogens is 288 g/mol. The predicted octanol–water partition coefficient (Wildman–Crippen LogP) is 3.64. The van der Waals surface area contributed by atoms with Crippen LogP contribution in [0.5, 0.6) is 0 Å². The molecule has 0 amide bonds. The highest BCUT2D eigenvalue weighted by atomic mass is 15.4. The Morgan fingerprint density at radius 3 is 2.17 bits per heavy atom. The van der Waals surface area contributed by atoms with Crippen molar-refractivity contribution in [2.24, 2.45) is 0 Å². The molecule has 0 bridgehead atoms. The normalized spacial score (nSPS) is 11.6. The van der Waals surface area contributed by atoms with Crippen LogP contribution in [-0.4, -0.2) is 15.5 Å². The van der Waals surface area contributed by atoms with E-state index in [9.17, 15) is 0 Å². The van der Waals surface area contributed by atoms with Gasteiger partial charge in [-0.2, -0.15) is 0 Å². The lowest BCUT2D eigenvalue weighted by atomic mass is 10.0. The second-order valence-corrected chi connectivity index (χ2v) is 6.89. The van der Waals surface area contributed by atoms with Gasteiger partial charge in [-0.1, -0.05) is 26.0 Å². The van der Waals surface area contributed by atoms with Gasteiger partial charge in [-0.3, -0.25) is 0 Å². The number of nitrogen functional groups attached to an aromatic ring is 1. The average Bonchev–Trinajstić information content (AvgIpc) is 2.48. The first-order chi connectivity index (χ1) is 10.8. The third-order valence-electron chi connectivity index (χ3n) is 3.28. The zero-order valence-corrected chi connectivity index (χ0v) is 14.4. The van der Waals surface area contributed by atoms with E-state index in [1.54, 1.807) is 0 Å². The summed E-state index contributed by atoms with van der Waals surface area (Å²) >= 11 is 0. The number of aromatic nitrogens is 2. The number of nitrogens with one attached hydrogen (secondary N) is 3. The van der Waals surface area contributed by atoms with Crippen LogP contribution in [0.2, 0.25) is 0 Å². The standard InChI is InChI=1S/C17H26N6/c1-11(2)12-6-8-13(9-7-12)21-15-14(18)16(20-10-19-15)22-23-17(3,4)5/h6-11,23H,18H2,1-5H3,(H2,19,20,21,22). The number of rotatable bonds is 5. The molecule has 1 aromatic carbocycles. The Balaban J connectivity index is 2.14. The highest BCUT2D eigenvalue weighted by molar-refractivity contribution is 5.77. The van der Waals surface area contributed by atoms with E-state index in [0.29, 0.717) is 23.2 Å². The topological polar surface area (TPSA) is 87.9 Å². The second kappa shape index (κ2) is 6.83. The molecule has 0 unspecified atom stereocenters. The van der Waals surface area contributed by atoms with Gasteiger partial charge in [0.2, 0.25) is 0 Å². The van der Waals surface area contributed by atoms with Crippen molar-refractivity contribution in [3.63, 3.8) is 0 Å². The molecular formula is C17H26N6. The van der Waals surface area contributed by atoms with E-state index in [-0.39, 0.29) is 5.54 Å². The molecule has 2 aromatic rings. The molecule has 1 heterocycles. The number of nitrogens with zero attached hydrogens (tertiary/aromatic N) is 2. The first kappa shape index (κ1) is 17.0. The van der Waals surface area contributed by atoms with Crippen LogP contribution in [-0.2, 0) is 0 Å². The fourth-order valence-electron chi connectivity index (χ4n) is 1.93. The van der Waals surface area contributed by atoms with Crippen LogP contribution in [0.3, 0.4) is 0 Å². The molecule has 0 fully saturated rings. The van der Waals surface area contributed by atoms with E-state index in [2.05, 4.69) is 52.1 Å². The molecule has 0 aliphatic carbocycles. The van der Waals surface area contributed by atoms with Crippen molar-refractivity contribution in [2.75, 3.05) is 16.5 Å². The lowest BCUT2D eigenvalue weighted by Crippen LogP contribution is -2.40. The van der Waals surface area contributed by atoms with Crippen molar-refractivity contribution in [3.05, 3.63) is 36.2 Å². The fraction of sp³-hybridized carbons (Fsp3) is 0.412. The van der Waals surface area contributed by atoms with Crippen molar-refractivity contribution in [2.45, 2.75) is 46.1 Å². The maximum Gasteiger partial charge on any atom is 0.169 e. The highest BCUT2D eigenvalue weighted by Crippen LogP contribution is 2.26. The molecule has 124 valence electrons. The van der Waals surface area contributed by atoms with Crippen LogP contribution in [0.4, 0.5) is 23.0 Å². The van der Waals surface area contributed by atoms with E-state index in [4.69, 9.17) is 5.73 Å². The van der Waals surface area contributed by atoms with Crippen LogP contribution in [0.15, 0.2) is 30.6 Å². The largest absolute Gasteiger partial charge is 0.393 e. The lowest BCUT2D eigenvalue weighted by Gasteiger charge is -2.22. The molecule has 6 heteroatoms. The smallest absolute Gasteiger partial charge is 0.169 e. The summed E-state index contributed by atoms with van der Waals surface area (Å²) in [5, 5.41) is 3.23. The van der Waals surface area contributed by atoms with E-state index >= 15 is 0 Å². The maximum absolute atomic E-state index is 6.15. The second-order valence-electron chi connectivity index (χ2n) is 6.89. The monoisotopic (exact) mass is 314 g/mol. The zero-order chi connectivity index (χ0) is 17.0. The molecule has 1 aromatic heterocycles. The van der Waals surface area contributed by atoms with Crippen molar-refractivity contribution < 1.29 is 0 Å². The average molecular weight is 314 g/mol. The summed E-state index contributed by atoms with van der Waals surface area (Å²) in [4.78, 5) is 8.39. The lowest BCUT2D eigenvalue weighted by molar-refractivity contribution is 0.464. The summed E-state index contributed by atoms with van der Waals surface area (Å²) in [5.74, 6) is 1.64.